The molecule has 0 aromatic heterocycles. The highest BCUT2D eigenvalue weighted by Gasteiger charge is 2.49. The summed E-state index contributed by atoms with van der Waals surface area (Å²) in [6.07, 6.45) is 0. The van der Waals surface area contributed by atoms with Gasteiger partial charge in [0.15, 0.2) is 0 Å². The van der Waals surface area contributed by atoms with Gasteiger partial charge in [-0.2, -0.15) is 0 Å². The van der Waals surface area contributed by atoms with E-state index in [1.54, 1.807) is 13.0 Å². The fourth-order valence-corrected chi connectivity index (χ4v) is 3.88. The molecule has 2 aromatic carbocycles. The lowest BCUT2D eigenvalue weighted by atomic mass is 9.90. The molecule has 29 heavy (non-hydrogen) atoms. The largest absolute Gasteiger partial charge is 0.325 e. The van der Waals surface area contributed by atoms with E-state index >= 15 is 0 Å². The van der Waals surface area contributed by atoms with Gasteiger partial charge in [0.05, 0.1) is 5.69 Å². The van der Waals surface area contributed by atoms with Crippen molar-refractivity contribution in [2.45, 2.75) is 39.2 Å². The van der Waals surface area contributed by atoms with Crippen molar-refractivity contribution in [2.24, 2.45) is 0 Å². The van der Waals surface area contributed by atoms with Gasteiger partial charge in [0, 0.05) is 4.47 Å². The quantitative estimate of drug-likeness (QED) is 0.657. The third kappa shape index (κ3) is 4.19. The maximum absolute atomic E-state index is 13.0. The zero-order valence-electron chi connectivity index (χ0n) is 16.9. The molecule has 3 rings (SSSR count). The van der Waals surface area contributed by atoms with Crippen molar-refractivity contribution in [3.05, 3.63) is 63.6 Å². The van der Waals surface area contributed by atoms with E-state index in [4.69, 9.17) is 0 Å². The molecule has 1 saturated heterocycles. The number of rotatable bonds is 5. The molecular formula is C22H24BrN3O3. The van der Waals surface area contributed by atoms with Crippen LogP contribution in [0.2, 0.25) is 0 Å². The molecule has 2 aromatic rings. The first-order valence-electron chi connectivity index (χ1n) is 9.42. The Balaban J connectivity index is 1.75. The van der Waals surface area contributed by atoms with Crippen molar-refractivity contribution in [2.75, 3.05) is 11.9 Å². The molecule has 152 valence electrons. The number of aryl methyl sites for hydroxylation is 1. The third-order valence-electron chi connectivity index (χ3n) is 5.13. The highest BCUT2D eigenvalue weighted by atomic mass is 79.9. The molecule has 1 atom stereocenters. The van der Waals surface area contributed by atoms with Crippen molar-refractivity contribution < 1.29 is 14.4 Å². The summed E-state index contributed by atoms with van der Waals surface area (Å²) in [5.74, 6) is -0.526. The van der Waals surface area contributed by atoms with Gasteiger partial charge in [0.1, 0.15) is 12.1 Å². The van der Waals surface area contributed by atoms with Crippen LogP contribution in [0.3, 0.4) is 0 Å². The van der Waals surface area contributed by atoms with Crippen LogP contribution in [0.5, 0.6) is 0 Å². The summed E-state index contributed by atoms with van der Waals surface area (Å²) in [5, 5.41) is 5.46. The molecule has 1 aliphatic rings. The predicted molar refractivity (Wildman–Crippen MR) is 116 cm³/mol. The summed E-state index contributed by atoms with van der Waals surface area (Å²) in [5.41, 5.74) is 2.26. The molecule has 7 heteroatoms. The summed E-state index contributed by atoms with van der Waals surface area (Å²) in [7, 11) is 0. The Hall–Kier alpha value is -2.67. The van der Waals surface area contributed by atoms with E-state index in [-0.39, 0.29) is 6.54 Å². The van der Waals surface area contributed by atoms with Crippen LogP contribution >= 0.6 is 15.9 Å². The number of nitrogens with one attached hydrogen (secondary N) is 2. The topological polar surface area (TPSA) is 78.5 Å². The Morgan fingerprint density at radius 2 is 1.83 bits per heavy atom. The number of anilines is 1. The van der Waals surface area contributed by atoms with Crippen LogP contribution < -0.4 is 10.6 Å². The lowest BCUT2D eigenvalue weighted by Crippen LogP contribution is -2.42. The molecular weight excluding hydrogens is 434 g/mol. The van der Waals surface area contributed by atoms with Crippen molar-refractivity contribution >= 4 is 39.5 Å². The number of imide groups is 1. The molecule has 0 spiro atoms. The number of urea groups is 1. The third-order valence-corrected chi connectivity index (χ3v) is 5.79. The van der Waals surface area contributed by atoms with E-state index in [2.05, 4.69) is 40.4 Å². The van der Waals surface area contributed by atoms with Crippen molar-refractivity contribution in [3.63, 3.8) is 0 Å². The second-order valence-electron chi connectivity index (χ2n) is 7.75. The Morgan fingerprint density at radius 1 is 1.17 bits per heavy atom. The molecule has 0 radical (unpaired) electrons. The van der Waals surface area contributed by atoms with Crippen LogP contribution in [0.1, 0.15) is 43.4 Å². The normalized spacial score (nSPS) is 18.9. The molecule has 0 saturated carbocycles. The average molecular weight is 458 g/mol. The smallest absolute Gasteiger partial charge is 0.323 e. The second-order valence-corrected chi connectivity index (χ2v) is 8.61. The van der Waals surface area contributed by atoms with Crippen molar-refractivity contribution in [3.8, 4) is 0 Å². The number of nitrogens with zero attached hydrogens (tertiary/aromatic N) is 1. The minimum atomic E-state index is -1.20. The van der Waals surface area contributed by atoms with E-state index in [0.717, 1.165) is 20.5 Å². The van der Waals surface area contributed by atoms with E-state index < -0.39 is 23.4 Å². The molecule has 1 heterocycles. The molecule has 0 bridgehead atoms. The van der Waals surface area contributed by atoms with Crippen molar-refractivity contribution in [1.82, 2.24) is 10.2 Å². The number of benzene rings is 2. The van der Waals surface area contributed by atoms with Gasteiger partial charge < -0.3 is 10.6 Å². The first kappa shape index (κ1) is 21.0. The SMILES string of the molecule is Cc1ccc(NC(=O)CN2C(=O)NC(C)(c3ccc(C(C)C)cc3)C2=O)c(Br)c1. The van der Waals surface area contributed by atoms with Crippen LogP contribution in [-0.4, -0.2) is 29.3 Å². The summed E-state index contributed by atoms with van der Waals surface area (Å²) in [4.78, 5) is 38.9. The van der Waals surface area contributed by atoms with E-state index in [1.807, 2.05) is 43.3 Å². The first-order valence-corrected chi connectivity index (χ1v) is 10.2. The number of carbonyl (C=O) groups is 3. The van der Waals surface area contributed by atoms with E-state index in [1.165, 1.54) is 0 Å². The van der Waals surface area contributed by atoms with Crippen LogP contribution in [0.15, 0.2) is 46.9 Å². The van der Waals surface area contributed by atoms with E-state index in [0.29, 0.717) is 17.2 Å². The second kappa shape index (κ2) is 7.99. The zero-order chi connectivity index (χ0) is 21.3. The average Bonchev–Trinajstić information content (AvgIpc) is 2.88. The maximum Gasteiger partial charge on any atom is 0.325 e. The molecule has 1 aliphatic heterocycles. The zero-order valence-corrected chi connectivity index (χ0v) is 18.5. The Morgan fingerprint density at radius 3 is 2.41 bits per heavy atom. The summed E-state index contributed by atoms with van der Waals surface area (Å²) in [6.45, 7) is 7.42. The van der Waals surface area contributed by atoms with Gasteiger partial charge in [-0.05, 0) is 64.5 Å². The van der Waals surface area contributed by atoms with Crippen LogP contribution in [-0.2, 0) is 15.1 Å². The van der Waals surface area contributed by atoms with Gasteiger partial charge in [-0.1, -0.05) is 44.2 Å². The Kier molecular flexibility index (Phi) is 5.80. The summed E-state index contributed by atoms with van der Waals surface area (Å²) < 4.78 is 0.734. The van der Waals surface area contributed by atoms with Gasteiger partial charge >= 0.3 is 6.03 Å². The number of halogens is 1. The van der Waals surface area contributed by atoms with Crippen molar-refractivity contribution in [1.29, 1.82) is 0 Å². The van der Waals surface area contributed by atoms with E-state index in [9.17, 15) is 14.4 Å². The Bertz CT molecular complexity index is 972. The molecule has 6 nitrogen and oxygen atoms in total. The van der Waals surface area contributed by atoms with Gasteiger partial charge in [0.25, 0.3) is 5.91 Å². The number of hydrogen-bond donors (Lipinski definition) is 2. The minimum absolute atomic E-state index is 0.356. The van der Waals surface area contributed by atoms with Crippen LogP contribution in [0, 0.1) is 6.92 Å². The first-order chi connectivity index (χ1) is 13.6. The van der Waals surface area contributed by atoms with Gasteiger partial charge in [-0.25, -0.2) is 4.79 Å². The number of amides is 4. The van der Waals surface area contributed by atoms with Crippen LogP contribution in [0.4, 0.5) is 10.5 Å². The number of hydrogen-bond acceptors (Lipinski definition) is 3. The predicted octanol–water partition coefficient (Wildman–Crippen LogP) is 4.29. The molecule has 4 amide bonds. The van der Waals surface area contributed by atoms with Gasteiger partial charge in [0.2, 0.25) is 5.91 Å². The molecule has 2 N–H and O–H groups in total. The minimum Gasteiger partial charge on any atom is -0.323 e. The van der Waals surface area contributed by atoms with Gasteiger partial charge in [-0.15, -0.1) is 0 Å². The number of carbonyl (C=O) groups excluding carboxylic acids is 3. The monoisotopic (exact) mass is 457 g/mol. The van der Waals surface area contributed by atoms with Crippen LogP contribution in [0.25, 0.3) is 0 Å². The highest BCUT2D eigenvalue weighted by molar-refractivity contribution is 9.10. The molecule has 0 aliphatic carbocycles. The van der Waals surface area contributed by atoms with Gasteiger partial charge in [-0.3, -0.25) is 14.5 Å². The standard InChI is InChI=1S/C22H24BrN3O3/c1-13(2)15-6-8-16(9-7-15)22(4)20(28)26(21(29)25-22)12-19(27)24-18-10-5-14(3)11-17(18)23/h5-11,13H,12H2,1-4H3,(H,24,27)(H,25,29). The lowest BCUT2D eigenvalue weighted by Gasteiger charge is -2.22. The summed E-state index contributed by atoms with van der Waals surface area (Å²) in [6, 6.07) is 12.5. The lowest BCUT2D eigenvalue weighted by molar-refractivity contribution is -0.133. The fraction of sp³-hybridized carbons (Fsp3) is 0.318. The molecule has 1 unspecified atom stereocenters. The highest BCUT2D eigenvalue weighted by Crippen LogP contribution is 2.30. The Labute approximate surface area is 178 Å². The fourth-order valence-electron chi connectivity index (χ4n) is 3.29. The maximum atomic E-state index is 13.0. The summed E-state index contributed by atoms with van der Waals surface area (Å²) >= 11 is 3.40. The molecule has 1 fully saturated rings.